The van der Waals surface area contributed by atoms with Crippen molar-refractivity contribution in [2.45, 2.75) is 78.1 Å². The quantitative estimate of drug-likeness (QED) is 0.285. The molecule has 3 rings (SSSR count). The number of rotatable bonds is 7. The number of carbonyl (C=O) groups excluding carboxylic acids is 5. The average Bonchev–Trinajstić information content (AvgIpc) is 3.21. The predicted octanol–water partition coefficient (Wildman–Crippen LogP) is -0.338. The van der Waals surface area contributed by atoms with E-state index in [2.05, 4.69) is 26.4 Å². The fourth-order valence-corrected chi connectivity index (χ4v) is 5.19. The minimum Gasteiger partial charge on any atom is -0.391 e. The van der Waals surface area contributed by atoms with E-state index >= 15 is 0 Å². The van der Waals surface area contributed by atoms with Crippen LogP contribution in [0.2, 0.25) is 0 Å². The van der Waals surface area contributed by atoms with Gasteiger partial charge in [-0.3, -0.25) is 28.7 Å². The van der Waals surface area contributed by atoms with Crippen molar-refractivity contribution >= 4 is 29.5 Å². The molecule has 240 valence electrons. The number of hydrogen-bond acceptors (Lipinski definition) is 7. The van der Waals surface area contributed by atoms with E-state index in [0.29, 0.717) is 6.42 Å². The minimum atomic E-state index is -1.32. The normalized spacial score (nSPS) is 21.5. The van der Waals surface area contributed by atoms with Crippen LogP contribution in [0.5, 0.6) is 0 Å². The third-order valence-electron chi connectivity index (χ3n) is 7.86. The highest BCUT2D eigenvalue weighted by Gasteiger charge is 2.33. The maximum atomic E-state index is 13.5. The molecule has 0 saturated carbocycles. The molecular weight excluding hydrogens is 566 g/mol. The first-order valence-corrected chi connectivity index (χ1v) is 14.9. The van der Waals surface area contributed by atoms with Gasteiger partial charge in [-0.2, -0.15) is 5.10 Å². The van der Waals surface area contributed by atoms with Crippen molar-refractivity contribution in [1.82, 2.24) is 35.9 Å². The van der Waals surface area contributed by atoms with Crippen LogP contribution in [-0.4, -0.2) is 93.2 Å². The van der Waals surface area contributed by atoms with Crippen molar-refractivity contribution in [2.75, 3.05) is 19.6 Å². The molecule has 1 fully saturated rings. The third-order valence-corrected chi connectivity index (χ3v) is 7.86. The number of amides is 5. The Hall–Kier alpha value is -4.26. The van der Waals surface area contributed by atoms with Crippen molar-refractivity contribution in [3.05, 3.63) is 52.8 Å². The zero-order valence-corrected chi connectivity index (χ0v) is 26.3. The standard InChI is InChI=1S/C31H45N7O6/c1-18(2)27-31(44)33-24(16-22-10-8-7-9-11-22)29(42)35-28(21(5)39)30(43)32-14-15-38(17-25(40)34-27)26(41)13-12-23-19(3)36-37(6)20(23)4/h7-11,18,21,24,27-28,39H,12-17H2,1-6H3,(H,32,43)(H,33,44)(H,34,40)(H,35,42)/t21-,24+,27-,28+/m1/s1. The molecular formula is C31H45N7O6. The second-order valence-corrected chi connectivity index (χ2v) is 11.6. The second-order valence-electron chi connectivity index (χ2n) is 11.6. The Balaban J connectivity index is 1.87. The van der Waals surface area contributed by atoms with E-state index in [1.54, 1.807) is 42.8 Å². The van der Waals surface area contributed by atoms with E-state index in [1.165, 1.54) is 11.8 Å². The second kappa shape index (κ2) is 15.5. The molecule has 0 spiro atoms. The summed E-state index contributed by atoms with van der Waals surface area (Å²) >= 11 is 0. The van der Waals surface area contributed by atoms with Crippen molar-refractivity contribution in [2.24, 2.45) is 13.0 Å². The molecule has 1 saturated heterocycles. The predicted molar refractivity (Wildman–Crippen MR) is 163 cm³/mol. The molecule has 1 aliphatic rings. The SMILES string of the molecule is Cc1nn(C)c(C)c1CCC(=O)N1CCNC(=O)[C@H]([C@@H](C)O)NC(=O)[C@H](Cc2ccccc2)NC(=O)[C@@H](C(C)C)NC(=O)C1. The van der Waals surface area contributed by atoms with Crippen LogP contribution in [0.15, 0.2) is 30.3 Å². The van der Waals surface area contributed by atoms with E-state index in [4.69, 9.17) is 0 Å². The first-order valence-electron chi connectivity index (χ1n) is 14.9. The van der Waals surface area contributed by atoms with Gasteiger partial charge in [-0.15, -0.1) is 0 Å². The highest BCUT2D eigenvalue weighted by molar-refractivity contribution is 5.95. The van der Waals surface area contributed by atoms with Crippen LogP contribution in [0.25, 0.3) is 0 Å². The molecule has 0 aliphatic carbocycles. The van der Waals surface area contributed by atoms with Gasteiger partial charge in [0.05, 0.1) is 18.3 Å². The molecule has 13 nitrogen and oxygen atoms in total. The van der Waals surface area contributed by atoms with Gasteiger partial charge in [0, 0.05) is 38.7 Å². The van der Waals surface area contributed by atoms with Gasteiger partial charge in [0.25, 0.3) is 0 Å². The molecule has 0 unspecified atom stereocenters. The number of aromatic nitrogens is 2. The Labute approximate surface area is 258 Å². The van der Waals surface area contributed by atoms with E-state index < -0.39 is 47.9 Å². The average molecular weight is 612 g/mol. The lowest BCUT2D eigenvalue weighted by molar-refractivity contribution is -0.137. The number of aliphatic hydroxyl groups is 1. The zero-order valence-electron chi connectivity index (χ0n) is 26.3. The summed E-state index contributed by atoms with van der Waals surface area (Å²) in [6, 6.07) is 5.63. The zero-order chi connectivity index (χ0) is 32.6. The monoisotopic (exact) mass is 611 g/mol. The van der Waals surface area contributed by atoms with Crippen molar-refractivity contribution < 1.29 is 29.1 Å². The summed E-state index contributed by atoms with van der Waals surface area (Å²) in [5, 5.41) is 25.5. The molecule has 2 aromatic rings. The Morgan fingerprint density at radius 2 is 1.66 bits per heavy atom. The molecule has 13 heteroatoms. The van der Waals surface area contributed by atoms with Crippen LogP contribution in [-0.2, 0) is 43.9 Å². The summed E-state index contributed by atoms with van der Waals surface area (Å²) in [5.74, 6) is -3.11. The summed E-state index contributed by atoms with van der Waals surface area (Å²) < 4.78 is 1.75. The van der Waals surface area contributed by atoms with E-state index in [-0.39, 0.29) is 44.3 Å². The summed E-state index contributed by atoms with van der Waals surface area (Å²) in [4.78, 5) is 67.9. The number of nitrogens with zero attached hydrogens (tertiary/aromatic N) is 3. The topological polar surface area (TPSA) is 175 Å². The number of aliphatic hydroxyl groups excluding tert-OH is 1. The van der Waals surface area contributed by atoms with Gasteiger partial charge in [-0.25, -0.2) is 0 Å². The number of aryl methyl sites for hydroxylation is 2. The maximum Gasteiger partial charge on any atom is 0.245 e. The Morgan fingerprint density at radius 3 is 2.25 bits per heavy atom. The fourth-order valence-electron chi connectivity index (χ4n) is 5.19. The van der Waals surface area contributed by atoms with Crippen molar-refractivity contribution in [3.63, 3.8) is 0 Å². The van der Waals surface area contributed by atoms with Gasteiger partial charge in [0.15, 0.2) is 0 Å². The molecule has 1 aliphatic heterocycles. The summed E-state index contributed by atoms with van der Waals surface area (Å²) in [7, 11) is 1.83. The first-order chi connectivity index (χ1) is 20.8. The number of nitrogens with one attached hydrogen (secondary N) is 4. The molecule has 4 atom stereocenters. The number of carbonyl (C=O) groups is 5. The van der Waals surface area contributed by atoms with Gasteiger partial charge in [0.2, 0.25) is 29.5 Å². The highest BCUT2D eigenvalue weighted by Crippen LogP contribution is 2.15. The molecule has 2 heterocycles. The van der Waals surface area contributed by atoms with Crippen molar-refractivity contribution in [3.8, 4) is 0 Å². The lowest BCUT2D eigenvalue weighted by Crippen LogP contribution is -2.60. The fraction of sp³-hybridized carbons (Fsp3) is 0.548. The number of hydrogen-bond donors (Lipinski definition) is 5. The van der Waals surface area contributed by atoms with E-state index in [0.717, 1.165) is 22.5 Å². The van der Waals surface area contributed by atoms with Crippen LogP contribution in [0, 0.1) is 19.8 Å². The van der Waals surface area contributed by atoms with Gasteiger partial charge in [-0.05, 0) is 44.2 Å². The first kappa shape index (κ1) is 34.2. The molecule has 44 heavy (non-hydrogen) atoms. The lowest BCUT2D eigenvalue weighted by Gasteiger charge is -2.27. The van der Waals surface area contributed by atoms with Gasteiger partial charge >= 0.3 is 0 Å². The Morgan fingerprint density at radius 1 is 0.977 bits per heavy atom. The van der Waals surface area contributed by atoms with Crippen LogP contribution in [0.1, 0.15) is 49.7 Å². The summed E-state index contributed by atoms with van der Waals surface area (Å²) in [6.07, 6.45) is -0.608. The van der Waals surface area contributed by atoms with E-state index in [1.807, 2.05) is 27.0 Å². The van der Waals surface area contributed by atoms with Crippen LogP contribution < -0.4 is 21.3 Å². The molecule has 0 bridgehead atoms. The minimum absolute atomic E-state index is 0.00134. The van der Waals surface area contributed by atoms with Gasteiger partial charge < -0.3 is 31.3 Å². The highest BCUT2D eigenvalue weighted by atomic mass is 16.3. The number of benzene rings is 1. The van der Waals surface area contributed by atoms with Crippen LogP contribution >= 0.6 is 0 Å². The van der Waals surface area contributed by atoms with Gasteiger partial charge in [0.1, 0.15) is 18.1 Å². The summed E-state index contributed by atoms with van der Waals surface area (Å²) in [6.45, 7) is 8.33. The smallest absolute Gasteiger partial charge is 0.245 e. The molecule has 5 amide bonds. The van der Waals surface area contributed by atoms with Gasteiger partial charge in [-0.1, -0.05) is 44.2 Å². The third kappa shape index (κ3) is 9.12. The molecule has 1 aromatic carbocycles. The molecule has 1 aromatic heterocycles. The Kier molecular flexibility index (Phi) is 12.0. The molecule has 5 N–H and O–H groups in total. The largest absolute Gasteiger partial charge is 0.391 e. The van der Waals surface area contributed by atoms with E-state index in [9.17, 15) is 29.1 Å². The van der Waals surface area contributed by atoms with Crippen molar-refractivity contribution in [1.29, 1.82) is 0 Å². The Bertz CT molecular complexity index is 1340. The summed E-state index contributed by atoms with van der Waals surface area (Å²) in [5.41, 5.74) is 3.48. The lowest BCUT2D eigenvalue weighted by atomic mass is 10.0. The maximum absolute atomic E-state index is 13.5. The molecule has 0 radical (unpaired) electrons. The van der Waals surface area contributed by atoms with Crippen LogP contribution in [0.3, 0.4) is 0 Å². The van der Waals surface area contributed by atoms with Crippen LogP contribution in [0.4, 0.5) is 0 Å².